The van der Waals surface area contributed by atoms with Gasteiger partial charge in [0.15, 0.2) is 0 Å². The van der Waals surface area contributed by atoms with Gasteiger partial charge in [0, 0.05) is 6.54 Å². The van der Waals surface area contributed by atoms with Gasteiger partial charge in [-0.25, -0.2) is 0 Å². The molecule has 1 rings (SSSR count). The molecule has 3 nitrogen and oxygen atoms in total. The Morgan fingerprint density at radius 2 is 2.14 bits per heavy atom. The summed E-state index contributed by atoms with van der Waals surface area (Å²) in [4.78, 5) is 2.43. The van der Waals surface area contributed by atoms with Crippen LogP contribution >= 0.6 is 0 Å². The van der Waals surface area contributed by atoms with E-state index >= 15 is 0 Å². The third-order valence-corrected chi connectivity index (χ3v) is 3.21. The summed E-state index contributed by atoms with van der Waals surface area (Å²) in [5.41, 5.74) is 5.56. The van der Waals surface area contributed by atoms with Crippen molar-refractivity contribution in [2.75, 3.05) is 19.6 Å². The molecule has 0 bridgehead atoms. The van der Waals surface area contributed by atoms with E-state index in [2.05, 4.69) is 17.9 Å². The van der Waals surface area contributed by atoms with Gasteiger partial charge in [-0.1, -0.05) is 13.3 Å². The number of nitrogens with zero attached hydrogens (tertiary/aromatic N) is 2. The smallest absolute Gasteiger partial charge is 0.0940 e. The largest absolute Gasteiger partial charge is 0.316 e. The number of rotatable bonds is 4. The van der Waals surface area contributed by atoms with Gasteiger partial charge in [-0.2, -0.15) is 5.26 Å². The van der Waals surface area contributed by atoms with Gasteiger partial charge in [0.2, 0.25) is 0 Å². The Kier molecular flexibility index (Phi) is 4.92. The summed E-state index contributed by atoms with van der Waals surface area (Å²) in [6, 6.07) is 1.80. The van der Waals surface area contributed by atoms with Crippen molar-refractivity contribution in [1.82, 2.24) is 4.90 Å². The molecule has 1 heterocycles. The Morgan fingerprint density at radius 1 is 1.50 bits per heavy atom. The zero-order chi connectivity index (χ0) is 10.4. The fourth-order valence-electron chi connectivity index (χ4n) is 2.00. The molecule has 1 aliphatic heterocycles. The van der Waals surface area contributed by atoms with Crippen molar-refractivity contribution in [2.24, 2.45) is 11.7 Å². The van der Waals surface area contributed by atoms with Gasteiger partial charge in [-0.15, -0.1) is 0 Å². The van der Waals surface area contributed by atoms with Crippen LogP contribution in [-0.4, -0.2) is 30.6 Å². The standard InChI is InChI=1S/C11H21N3/c1-2-10-3-6-14(7-4-10)8-5-11(13)9-12/h10-11H,2-8,13H2,1H3. The molecule has 0 amide bonds. The molecule has 2 N–H and O–H groups in total. The predicted molar refractivity (Wildman–Crippen MR) is 57.7 cm³/mol. The summed E-state index contributed by atoms with van der Waals surface area (Å²) in [7, 11) is 0. The van der Waals surface area contributed by atoms with Gasteiger partial charge in [-0.05, 0) is 38.3 Å². The monoisotopic (exact) mass is 195 g/mol. The van der Waals surface area contributed by atoms with Gasteiger partial charge in [0.05, 0.1) is 12.1 Å². The molecule has 0 spiro atoms. The molecule has 1 atom stereocenters. The third kappa shape index (κ3) is 3.65. The highest BCUT2D eigenvalue weighted by atomic mass is 15.1. The number of piperidine rings is 1. The van der Waals surface area contributed by atoms with Crippen LogP contribution in [0.25, 0.3) is 0 Å². The quantitative estimate of drug-likeness (QED) is 0.736. The van der Waals surface area contributed by atoms with Crippen LogP contribution in [-0.2, 0) is 0 Å². The first kappa shape index (κ1) is 11.5. The van der Waals surface area contributed by atoms with E-state index in [1.807, 2.05) is 0 Å². The molecule has 1 aliphatic rings. The zero-order valence-corrected chi connectivity index (χ0v) is 9.08. The first-order chi connectivity index (χ1) is 6.76. The molecule has 0 aliphatic carbocycles. The molecular formula is C11H21N3. The van der Waals surface area contributed by atoms with Crippen molar-refractivity contribution in [2.45, 2.75) is 38.6 Å². The average molecular weight is 195 g/mol. The molecule has 0 radical (unpaired) electrons. The maximum atomic E-state index is 8.55. The van der Waals surface area contributed by atoms with Crippen LogP contribution in [0.2, 0.25) is 0 Å². The average Bonchev–Trinajstić information content (AvgIpc) is 2.26. The van der Waals surface area contributed by atoms with Crippen molar-refractivity contribution < 1.29 is 0 Å². The Bertz CT molecular complexity index is 189. The van der Waals surface area contributed by atoms with E-state index in [0.29, 0.717) is 0 Å². The fraction of sp³-hybridized carbons (Fsp3) is 0.909. The van der Waals surface area contributed by atoms with Gasteiger partial charge >= 0.3 is 0 Å². The number of hydrogen-bond donors (Lipinski definition) is 1. The second kappa shape index (κ2) is 6.00. The van der Waals surface area contributed by atoms with Gasteiger partial charge in [0.25, 0.3) is 0 Å². The second-order valence-corrected chi connectivity index (χ2v) is 4.22. The highest BCUT2D eigenvalue weighted by Crippen LogP contribution is 2.19. The highest BCUT2D eigenvalue weighted by molar-refractivity contribution is 4.87. The lowest BCUT2D eigenvalue weighted by Gasteiger charge is -2.31. The number of nitriles is 1. The molecule has 1 unspecified atom stereocenters. The molecule has 80 valence electrons. The molecule has 1 saturated heterocycles. The van der Waals surface area contributed by atoms with Gasteiger partial charge < -0.3 is 10.6 Å². The third-order valence-electron chi connectivity index (χ3n) is 3.21. The Morgan fingerprint density at radius 3 is 2.64 bits per heavy atom. The molecule has 3 heteroatoms. The van der Waals surface area contributed by atoms with Crippen LogP contribution < -0.4 is 5.73 Å². The van der Waals surface area contributed by atoms with Gasteiger partial charge in [-0.3, -0.25) is 0 Å². The number of hydrogen-bond acceptors (Lipinski definition) is 3. The Labute approximate surface area is 86.9 Å². The minimum atomic E-state index is -0.279. The van der Waals surface area contributed by atoms with Crippen LogP contribution in [0.4, 0.5) is 0 Å². The minimum Gasteiger partial charge on any atom is -0.316 e. The van der Waals surface area contributed by atoms with E-state index in [1.165, 1.54) is 32.4 Å². The van der Waals surface area contributed by atoms with E-state index in [9.17, 15) is 0 Å². The number of nitrogens with two attached hydrogens (primary N) is 1. The van der Waals surface area contributed by atoms with Crippen LogP contribution in [0.3, 0.4) is 0 Å². The van der Waals surface area contributed by atoms with Crippen LogP contribution in [0, 0.1) is 17.2 Å². The molecule has 0 aromatic rings. The zero-order valence-electron chi connectivity index (χ0n) is 9.08. The lowest BCUT2D eigenvalue weighted by atomic mass is 9.94. The van der Waals surface area contributed by atoms with Crippen LogP contribution in [0.5, 0.6) is 0 Å². The van der Waals surface area contributed by atoms with E-state index in [1.54, 1.807) is 0 Å². The lowest BCUT2D eigenvalue weighted by molar-refractivity contribution is 0.179. The van der Waals surface area contributed by atoms with Crippen molar-refractivity contribution in [1.29, 1.82) is 5.26 Å². The van der Waals surface area contributed by atoms with Crippen LogP contribution in [0.15, 0.2) is 0 Å². The first-order valence-corrected chi connectivity index (χ1v) is 5.63. The lowest BCUT2D eigenvalue weighted by Crippen LogP contribution is -2.36. The maximum absolute atomic E-state index is 8.55. The van der Waals surface area contributed by atoms with Crippen molar-refractivity contribution >= 4 is 0 Å². The summed E-state index contributed by atoms with van der Waals surface area (Å²) in [6.45, 7) is 5.64. The molecule has 1 fully saturated rings. The van der Waals surface area contributed by atoms with Gasteiger partial charge in [0.1, 0.15) is 0 Å². The van der Waals surface area contributed by atoms with Crippen LogP contribution in [0.1, 0.15) is 32.6 Å². The molecular weight excluding hydrogens is 174 g/mol. The van der Waals surface area contributed by atoms with Crippen molar-refractivity contribution in [3.63, 3.8) is 0 Å². The fourth-order valence-corrected chi connectivity index (χ4v) is 2.00. The summed E-state index contributed by atoms with van der Waals surface area (Å²) in [5, 5.41) is 8.55. The van der Waals surface area contributed by atoms with E-state index in [0.717, 1.165) is 18.9 Å². The Balaban J connectivity index is 2.13. The molecule has 14 heavy (non-hydrogen) atoms. The summed E-state index contributed by atoms with van der Waals surface area (Å²) in [5.74, 6) is 0.927. The van der Waals surface area contributed by atoms with Crippen molar-refractivity contribution in [3.05, 3.63) is 0 Å². The molecule has 0 aromatic heterocycles. The first-order valence-electron chi connectivity index (χ1n) is 5.63. The normalized spacial score (nSPS) is 21.8. The second-order valence-electron chi connectivity index (χ2n) is 4.22. The maximum Gasteiger partial charge on any atom is 0.0940 e. The summed E-state index contributed by atoms with van der Waals surface area (Å²) >= 11 is 0. The SMILES string of the molecule is CCC1CCN(CCC(N)C#N)CC1. The molecule has 0 aromatic carbocycles. The minimum absolute atomic E-state index is 0.279. The number of likely N-dealkylation sites (tertiary alicyclic amines) is 1. The van der Waals surface area contributed by atoms with E-state index in [4.69, 9.17) is 11.0 Å². The van der Waals surface area contributed by atoms with E-state index < -0.39 is 0 Å². The summed E-state index contributed by atoms with van der Waals surface area (Å²) < 4.78 is 0. The topological polar surface area (TPSA) is 53.0 Å². The molecule has 0 saturated carbocycles. The highest BCUT2D eigenvalue weighted by Gasteiger charge is 2.17. The van der Waals surface area contributed by atoms with E-state index in [-0.39, 0.29) is 6.04 Å². The Hall–Kier alpha value is -0.590. The summed E-state index contributed by atoms with van der Waals surface area (Å²) in [6.07, 6.45) is 4.76. The predicted octanol–water partition coefficient (Wildman–Crippen LogP) is 1.35. The van der Waals surface area contributed by atoms with Crippen molar-refractivity contribution in [3.8, 4) is 6.07 Å².